The third kappa shape index (κ3) is 4.60. The highest BCUT2D eigenvalue weighted by atomic mass is 16.2. The fourth-order valence-electron chi connectivity index (χ4n) is 5.22. The van der Waals surface area contributed by atoms with Crippen LogP contribution in [-0.4, -0.2) is 21.7 Å². The lowest BCUT2D eigenvalue weighted by Crippen LogP contribution is -2.49. The van der Waals surface area contributed by atoms with Gasteiger partial charge in [0.1, 0.15) is 0 Å². The van der Waals surface area contributed by atoms with Crippen molar-refractivity contribution in [1.82, 2.24) is 15.1 Å². The summed E-state index contributed by atoms with van der Waals surface area (Å²) in [6.45, 7) is 4.56. The highest BCUT2D eigenvalue weighted by Gasteiger charge is 2.43. The molecule has 1 atom stereocenters. The summed E-state index contributed by atoms with van der Waals surface area (Å²) < 4.78 is 1.58. The van der Waals surface area contributed by atoms with Gasteiger partial charge < -0.3 is 5.32 Å². The molecule has 0 saturated heterocycles. The van der Waals surface area contributed by atoms with Gasteiger partial charge in [-0.05, 0) is 63.0 Å². The van der Waals surface area contributed by atoms with Gasteiger partial charge in [0.25, 0.3) is 5.56 Å². The van der Waals surface area contributed by atoms with E-state index in [1.54, 1.807) is 10.7 Å². The lowest BCUT2D eigenvalue weighted by atomic mass is 9.77. The number of aryl methyl sites for hydroxylation is 3. The summed E-state index contributed by atoms with van der Waals surface area (Å²) in [4.78, 5) is 26.3. The highest BCUT2D eigenvalue weighted by molar-refractivity contribution is 5.88. The number of nitrogens with zero attached hydrogens (tertiary/aromatic N) is 2. The summed E-state index contributed by atoms with van der Waals surface area (Å²) in [6.07, 6.45) is 10.0. The van der Waals surface area contributed by atoms with Crippen molar-refractivity contribution >= 4 is 5.91 Å². The van der Waals surface area contributed by atoms with Crippen LogP contribution in [0.3, 0.4) is 0 Å². The number of nitrogens with one attached hydrogen (secondary N) is 1. The summed E-state index contributed by atoms with van der Waals surface area (Å²) in [5.74, 6) is 0.100. The second-order valence-electron chi connectivity index (χ2n) is 9.43. The van der Waals surface area contributed by atoms with Gasteiger partial charge in [-0.3, -0.25) is 9.59 Å². The SMILES string of the molecule is CC[C@@H](Cn1nc2c(cc1=O)CCCCC2)NC(=O)C1(c2ccc(C)cc2)CCCC1. The predicted octanol–water partition coefficient (Wildman–Crippen LogP) is 4.23. The molecular formula is C26H35N3O2. The van der Waals surface area contributed by atoms with Crippen LogP contribution in [0.4, 0.5) is 0 Å². The van der Waals surface area contributed by atoms with Crippen LogP contribution in [0.15, 0.2) is 35.1 Å². The first-order valence-electron chi connectivity index (χ1n) is 12.0. The van der Waals surface area contributed by atoms with Crippen LogP contribution < -0.4 is 10.9 Å². The number of amides is 1. The average Bonchev–Trinajstić information content (AvgIpc) is 3.16. The van der Waals surface area contributed by atoms with E-state index in [0.717, 1.165) is 74.6 Å². The van der Waals surface area contributed by atoms with Crippen molar-refractivity contribution in [2.45, 2.75) is 96.1 Å². The maximum Gasteiger partial charge on any atom is 0.267 e. The molecule has 1 aromatic carbocycles. The van der Waals surface area contributed by atoms with E-state index in [-0.39, 0.29) is 17.5 Å². The first kappa shape index (κ1) is 21.8. The Morgan fingerprint density at radius 2 is 1.81 bits per heavy atom. The van der Waals surface area contributed by atoms with Crippen LogP contribution in [-0.2, 0) is 29.6 Å². The molecule has 1 aromatic heterocycles. The maximum absolute atomic E-state index is 13.6. The second kappa shape index (κ2) is 9.37. The summed E-state index contributed by atoms with van der Waals surface area (Å²) in [5, 5.41) is 8.00. The van der Waals surface area contributed by atoms with Crippen molar-refractivity contribution in [2.24, 2.45) is 0 Å². The molecule has 1 amide bonds. The van der Waals surface area contributed by atoms with E-state index in [9.17, 15) is 9.59 Å². The zero-order valence-electron chi connectivity index (χ0n) is 19.0. The Kier molecular flexibility index (Phi) is 6.59. The average molecular weight is 422 g/mol. The first-order valence-corrected chi connectivity index (χ1v) is 12.0. The van der Waals surface area contributed by atoms with E-state index < -0.39 is 5.41 Å². The monoisotopic (exact) mass is 421 g/mol. The molecule has 1 fully saturated rings. The largest absolute Gasteiger partial charge is 0.351 e. The van der Waals surface area contributed by atoms with Crippen LogP contribution in [0, 0.1) is 6.92 Å². The molecule has 31 heavy (non-hydrogen) atoms. The minimum absolute atomic E-state index is 0.0533. The molecule has 2 aliphatic carbocycles. The summed E-state index contributed by atoms with van der Waals surface area (Å²) in [7, 11) is 0. The maximum atomic E-state index is 13.6. The van der Waals surface area contributed by atoms with Crippen molar-refractivity contribution in [3.63, 3.8) is 0 Å². The summed E-state index contributed by atoms with van der Waals surface area (Å²) in [5.41, 5.74) is 3.99. The smallest absolute Gasteiger partial charge is 0.267 e. The quantitative estimate of drug-likeness (QED) is 0.710. The Balaban J connectivity index is 1.53. The molecule has 1 N–H and O–H groups in total. The van der Waals surface area contributed by atoms with Gasteiger partial charge in [0.05, 0.1) is 17.7 Å². The Morgan fingerprint density at radius 3 is 2.52 bits per heavy atom. The molecule has 0 spiro atoms. The molecule has 166 valence electrons. The summed E-state index contributed by atoms with van der Waals surface area (Å²) in [6, 6.07) is 10.1. The number of carbonyl (C=O) groups is 1. The van der Waals surface area contributed by atoms with Gasteiger partial charge in [-0.1, -0.05) is 56.0 Å². The normalized spacial score (nSPS) is 18.8. The van der Waals surface area contributed by atoms with Crippen LogP contribution in [0.1, 0.15) is 80.7 Å². The molecule has 2 aromatic rings. The van der Waals surface area contributed by atoms with Gasteiger partial charge in [-0.2, -0.15) is 5.10 Å². The fourth-order valence-corrected chi connectivity index (χ4v) is 5.22. The molecular weight excluding hydrogens is 386 g/mol. The lowest BCUT2D eigenvalue weighted by molar-refractivity contribution is -0.127. The number of rotatable bonds is 6. The number of aromatic nitrogens is 2. The Labute approximate surface area is 185 Å². The zero-order valence-corrected chi connectivity index (χ0v) is 19.0. The molecule has 0 aliphatic heterocycles. The number of carbonyl (C=O) groups excluding carboxylic acids is 1. The topological polar surface area (TPSA) is 64.0 Å². The first-order chi connectivity index (χ1) is 15.0. The van der Waals surface area contributed by atoms with Gasteiger partial charge in [0.2, 0.25) is 5.91 Å². The number of fused-ring (bicyclic) bond motifs is 1. The fraction of sp³-hybridized carbons (Fsp3) is 0.577. The molecule has 2 aliphatic rings. The molecule has 5 nitrogen and oxygen atoms in total. The third-order valence-corrected chi connectivity index (χ3v) is 7.24. The van der Waals surface area contributed by atoms with E-state index in [2.05, 4.69) is 43.4 Å². The van der Waals surface area contributed by atoms with E-state index >= 15 is 0 Å². The lowest BCUT2D eigenvalue weighted by Gasteiger charge is -2.31. The molecule has 0 radical (unpaired) electrons. The minimum Gasteiger partial charge on any atom is -0.351 e. The standard InChI is InChI=1S/C26H35N3O2/c1-3-22(18-29-24(30)17-20-9-5-4-6-10-23(20)28-29)27-25(31)26(15-7-8-16-26)21-13-11-19(2)12-14-21/h11-14,17,22H,3-10,15-16,18H2,1-2H3,(H,27,31)/t22-/m0/s1. The van der Waals surface area contributed by atoms with Gasteiger partial charge >= 0.3 is 0 Å². The van der Waals surface area contributed by atoms with Crippen molar-refractivity contribution in [3.05, 3.63) is 63.1 Å². The molecule has 1 saturated carbocycles. The van der Waals surface area contributed by atoms with Crippen LogP contribution in [0.25, 0.3) is 0 Å². The van der Waals surface area contributed by atoms with E-state index in [1.807, 2.05) is 0 Å². The highest BCUT2D eigenvalue weighted by Crippen LogP contribution is 2.41. The van der Waals surface area contributed by atoms with E-state index in [0.29, 0.717) is 6.54 Å². The van der Waals surface area contributed by atoms with Crippen LogP contribution in [0.5, 0.6) is 0 Å². The minimum atomic E-state index is -0.451. The van der Waals surface area contributed by atoms with E-state index in [1.165, 1.54) is 12.0 Å². The molecule has 1 heterocycles. The van der Waals surface area contributed by atoms with Crippen molar-refractivity contribution in [1.29, 1.82) is 0 Å². The van der Waals surface area contributed by atoms with Crippen molar-refractivity contribution in [2.75, 3.05) is 0 Å². The molecule has 0 unspecified atom stereocenters. The van der Waals surface area contributed by atoms with Gasteiger partial charge in [-0.15, -0.1) is 0 Å². The molecule has 5 heteroatoms. The molecule has 4 rings (SSSR count). The number of benzene rings is 1. The van der Waals surface area contributed by atoms with Gasteiger partial charge in [0, 0.05) is 12.1 Å². The number of hydrogen-bond donors (Lipinski definition) is 1. The van der Waals surface area contributed by atoms with Crippen LogP contribution in [0.2, 0.25) is 0 Å². The Morgan fingerprint density at radius 1 is 1.10 bits per heavy atom. The van der Waals surface area contributed by atoms with E-state index in [4.69, 9.17) is 5.10 Å². The Hall–Kier alpha value is -2.43. The second-order valence-corrected chi connectivity index (χ2v) is 9.43. The molecule has 0 bridgehead atoms. The zero-order chi connectivity index (χ0) is 21.8. The Bertz CT molecular complexity index is 971. The summed E-state index contributed by atoms with van der Waals surface area (Å²) >= 11 is 0. The van der Waals surface area contributed by atoms with Crippen LogP contribution >= 0.6 is 0 Å². The van der Waals surface area contributed by atoms with Crippen molar-refractivity contribution < 1.29 is 4.79 Å². The van der Waals surface area contributed by atoms with Gasteiger partial charge in [-0.25, -0.2) is 4.68 Å². The van der Waals surface area contributed by atoms with Crippen molar-refractivity contribution in [3.8, 4) is 0 Å². The van der Waals surface area contributed by atoms with Gasteiger partial charge in [0.15, 0.2) is 0 Å². The predicted molar refractivity (Wildman–Crippen MR) is 123 cm³/mol. The number of hydrogen-bond acceptors (Lipinski definition) is 3. The third-order valence-electron chi connectivity index (χ3n) is 7.24.